The highest BCUT2D eigenvalue weighted by atomic mass is 32.2. The van der Waals surface area contributed by atoms with Gasteiger partial charge in [-0.1, -0.05) is 17.8 Å². The summed E-state index contributed by atoms with van der Waals surface area (Å²) in [6.07, 6.45) is 3.20. The number of aromatic nitrogens is 4. The van der Waals surface area contributed by atoms with Crippen molar-refractivity contribution in [2.45, 2.75) is 16.8 Å². The summed E-state index contributed by atoms with van der Waals surface area (Å²) in [5.74, 6) is -0.927. The molecule has 0 spiro atoms. The van der Waals surface area contributed by atoms with Crippen LogP contribution in [0.1, 0.15) is 15.9 Å². The topological polar surface area (TPSA) is 80.9 Å². The Morgan fingerprint density at radius 3 is 2.90 bits per heavy atom. The number of carboxylic acid groups (broad SMARTS) is 1. The lowest BCUT2D eigenvalue weighted by Crippen LogP contribution is -1.99. The van der Waals surface area contributed by atoms with E-state index >= 15 is 0 Å². The predicted molar refractivity (Wildman–Crippen MR) is 78.6 cm³/mol. The minimum atomic E-state index is -0.927. The van der Waals surface area contributed by atoms with Gasteiger partial charge in [-0.3, -0.25) is 4.68 Å². The summed E-state index contributed by atoms with van der Waals surface area (Å²) in [7, 11) is 1.82. The van der Waals surface area contributed by atoms with Crippen molar-refractivity contribution in [2.24, 2.45) is 7.05 Å². The molecule has 6 nitrogen and oxygen atoms in total. The van der Waals surface area contributed by atoms with Gasteiger partial charge < -0.3 is 5.11 Å². The van der Waals surface area contributed by atoms with Crippen LogP contribution in [0.4, 0.5) is 0 Å². The number of aryl methyl sites for hydroxylation is 2. The van der Waals surface area contributed by atoms with Crippen LogP contribution in [0.25, 0.3) is 11.0 Å². The lowest BCUT2D eigenvalue weighted by molar-refractivity contribution is 0.0696. The minimum absolute atomic E-state index is 0.302. The van der Waals surface area contributed by atoms with Crippen molar-refractivity contribution < 1.29 is 9.90 Å². The van der Waals surface area contributed by atoms with Gasteiger partial charge in [0.1, 0.15) is 11.4 Å². The van der Waals surface area contributed by atoms with E-state index in [-0.39, 0.29) is 0 Å². The second-order valence-corrected chi connectivity index (χ2v) is 5.63. The third kappa shape index (κ3) is 2.47. The van der Waals surface area contributed by atoms with Crippen molar-refractivity contribution in [2.75, 3.05) is 0 Å². The van der Waals surface area contributed by atoms with Gasteiger partial charge in [-0.05, 0) is 24.6 Å². The summed E-state index contributed by atoms with van der Waals surface area (Å²) < 4.78 is 1.68. The van der Waals surface area contributed by atoms with Crippen molar-refractivity contribution >= 4 is 28.8 Å². The molecule has 2 heterocycles. The van der Waals surface area contributed by atoms with Crippen LogP contribution >= 0.6 is 11.8 Å². The van der Waals surface area contributed by atoms with Crippen LogP contribution in [0.15, 0.2) is 40.6 Å². The molecular formula is C14H12N4O2S. The van der Waals surface area contributed by atoms with E-state index in [0.717, 1.165) is 26.5 Å². The average Bonchev–Trinajstić information content (AvgIpc) is 2.84. The lowest BCUT2D eigenvalue weighted by Gasteiger charge is -2.05. The molecule has 0 unspecified atom stereocenters. The standard InChI is InChI=1S/C14H12N4O2S/c1-8-3-4-9(5-10(8)14(19)20)21-13-11-6-17-18(2)12(11)15-7-16-13/h3-7H,1-2H3,(H,19,20). The monoisotopic (exact) mass is 300 g/mol. The van der Waals surface area contributed by atoms with Crippen molar-refractivity contribution in [1.82, 2.24) is 19.7 Å². The lowest BCUT2D eigenvalue weighted by atomic mass is 10.1. The van der Waals surface area contributed by atoms with E-state index in [1.807, 2.05) is 13.1 Å². The summed E-state index contributed by atoms with van der Waals surface area (Å²) in [6, 6.07) is 5.34. The van der Waals surface area contributed by atoms with Crippen molar-refractivity contribution in [1.29, 1.82) is 0 Å². The van der Waals surface area contributed by atoms with E-state index in [9.17, 15) is 9.90 Å². The van der Waals surface area contributed by atoms with Crippen molar-refractivity contribution in [3.05, 3.63) is 41.9 Å². The van der Waals surface area contributed by atoms with E-state index in [1.54, 1.807) is 29.9 Å². The van der Waals surface area contributed by atoms with Crippen molar-refractivity contribution in [3.8, 4) is 0 Å². The maximum atomic E-state index is 11.2. The fourth-order valence-electron chi connectivity index (χ4n) is 2.03. The van der Waals surface area contributed by atoms with Crippen LogP contribution in [0.3, 0.4) is 0 Å². The summed E-state index contributed by atoms with van der Waals surface area (Å²) in [5.41, 5.74) is 1.79. The Hall–Kier alpha value is -2.41. The Labute approximate surface area is 124 Å². The number of carboxylic acids is 1. The number of carbonyl (C=O) groups is 1. The molecular weight excluding hydrogens is 288 g/mol. The zero-order chi connectivity index (χ0) is 15.0. The van der Waals surface area contributed by atoms with E-state index in [2.05, 4.69) is 15.1 Å². The van der Waals surface area contributed by atoms with E-state index in [1.165, 1.54) is 18.1 Å². The van der Waals surface area contributed by atoms with Crippen LogP contribution in [0, 0.1) is 6.92 Å². The SMILES string of the molecule is Cc1ccc(Sc2ncnc3c2cnn3C)cc1C(=O)O. The third-order valence-corrected chi connectivity index (χ3v) is 4.16. The van der Waals surface area contributed by atoms with Crippen LogP contribution in [-0.4, -0.2) is 30.8 Å². The number of nitrogens with zero attached hydrogens (tertiary/aromatic N) is 4. The molecule has 0 amide bonds. The van der Waals surface area contributed by atoms with Gasteiger partial charge in [0, 0.05) is 11.9 Å². The Balaban J connectivity index is 2.03. The Bertz CT molecular complexity index is 844. The first-order chi connectivity index (χ1) is 10.1. The Kier molecular flexibility index (Phi) is 3.34. The highest BCUT2D eigenvalue weighted by molar-refractivity contribution is 7.99. The van der Waals surface area contributed by atoms with Gasteiger partial charge in [-0.2, -0.15) is 5.10 Å². The molecule has 0 aliphatic rings. The van der Waals surface area contributed by atoms with Crippen LogP contribution in [0.5, 0.6) is 0 Å². The second kappa shape index (κ2) is 5.17. The largest absolute Gasteiger partial charge is 0.478 e. The fourth-order valence-corrected chi connectivity index (χ4v) is 2.92. The number of hydrogen-bond acceptors (Lipinski definition) is 5. The molecule has 2 aromatic heterocycles. The molecule has 7 heteroatoms. The molecule has 1 aromatic carbocycles. The normalized spacial score (nSPS) is 11.0. The highest BCUT2D eigenvalue weighted by Crippen LogP contribution is 2.31. The summed E-state index contributed by atoms with van der Waals surface area (Å²) in [5, 5.41) is 15.0. The Morgan fingerprint density at radius 2 is 2.14 bits per heavy atom. The molecule has 0 fully saturated rings. The van der Waals surface area contributed by atoms with Crippen molar-refractivity contribution in [3.63, 3.8) is 0 Å². The smallest absolute Gasteiger partial charge is 0.335 e. The predicted octanol–water partition coefficient (Wildman–Crippen LogP) is 2.52. The van der Waals surface area contributed by atoms with E-state index in [0.29, 0.717) is 5.56 Å². The first-order valence-corrected chi connectivity index (χ1v) is 7.02. The van der Waals surface area contributed by atoms with Crippen LogP contribution in [0.2, 0.25) is 0 Å². The Morgan fingerprint density at radius 1 is 1.33 bits per heavy atom. The van der Waals surface area contributed by atoms with Gasteiger partial charge in [0.05, 0.1) is 17.1 Å². The number of rotatable bonds is 3. The first-order valence-electron chi connectivity index (χ1n) is 6.21. The molecule has 0 aliphatic heterocycles. The molecule has 3 aromatic rings. The quantitative estimate of drug-likeness (QED) is 0.749. The molecule has 1 N–H and O–H groups in total. The maximum Gasteiger partial charge on any atom is 0.335 e. The zero-order valence-electron chi connectivity index (χ0n) is 11.4. The van der Waals surface area contributed by atoms with Gasteiger partial charge in [0.15, 0.2) is 5.65 Å². The molecule has 0 aliphatic carbocycles. The van der Waals surface area contributed by atoms with Gasteiger partial charge in [0.2, 0.25) is 0 Å². The molecule has 0 bridgehead atoms. The van der Waals surface area contributed by atoms with Crippen LogP contribution in [-0.2, 0) is 7.05 Å². The summed E-state index contributed by atoms with van der Waals surface area (Å²) in [6.45, 7) is 1.78. The van der Waals surface area contributed by atoms with Gasteiger partial charge in [-0.25, -0.2) is 14.8 Å². The molecule has 0 radical (unpaired) electrons. The van der Waals surface area contributed by atoms with Crippen LogP contribution < -0.4 is 0 Å². The summed E-state index contributed by atoms with van der Waals surface area (Å²) >= 11 is 1.40. The maximum absolute atomic E-state index is 11.2. The number of hydrogen-bond donors (Lipinski definition) is 1. The second-order valence-electron chi connectivity index (χ2n) is 4.57. The van der Waals surface area contributed by atoms with E-state index < -0.39 is 5.97 Å². The number of fused-ring (bicyclic) bond motifs is 1. The van der Waals surface area contributed by atoms with Gasteiger partial charge >= 0.3 is 5.97 Å². The zero-order valence-corrected chi connectivity index (χ0v) is 12.3. The van der Waals surface area contributed by atoms with E-state index in [4.69, 9.17) is 0 Å². The molecule has 106 valence electrons. The number of aromatic carboxylic acids is 1. The average molecular weight is 300 g/mol. The van der Waals surface area contributed by atoms with Gasteiger partial charge in [0.25, 0.3) is 0 Å². The first kappa shape index (κ1) is 13.6. The fraction of sp³-hybridized carbons (Fsp3) is 0.143. The number of benzene rings is 1. The molecule has 0 saturated carbocycles. The highest BCUT2D eigenvalue weighted by Gasteiger charge is 2.12. The molecule has 0 saturated heterocycles. The summed E-state index contributed by atoms with van der Waals surface area (Å²) in [4.78, 5) is 20.5. The molecule has 3 rings (SSSR count). The molecule has 0 atom stereocenters. The van der Waals surface area contributed by atoms with Gasteiger partial charge in [-0.15, -0.1) is 0 Å². The third-order valence-electron chi connectivity index (χ3n) is 3.15. The molecule has 21 heavy (non-hydrogen) atoms. The minimum Gasteiger partial charge on any atom is -0.478 e.